The van der Waals surface area contributed by atoms with E-state index in [0.29, 0.717) is 31.7 Å². The summed E-state index contributed by atoms with van der Waals surface area (Å²) < 4.78 is 55.9. The largest absolute Gasteiger partial charge is 0.705 e. The highest BCUT2D eigenvalue weighted by molar-refractivity contribution is 6.65. The van der Waals surface area contributed by atoms with Gasteiger partial charge in [-0.1, -0.05) is 33.6 Å². The standard InChI is InChI=1S/C21H29F3O6Si/c1-4-19(25)28-31(29-20(26)5-2,30-21(27)6-3)12-10-8-7-9-11-15-13-17(23)18(24)14-16(15)22/h13-14H,4-12H2,1-3H3. The fraction of sp³-hybridized carbons (Fsp3) is 0.571. The first kappa shape index (κ1) is 26.7. The molecule has 1 rings (SSSR count). The molecule has 0 heterocycles. The number of hydrogen-bond donors (Lipinski definition) is 0. The summed E-state index contributed by atoms with van der Waals surface area (Å²) in [4.78, 5) is 35.6. The highest BCUT2D eigenvalue weighted by Gasteiger charge is 2.52. The van der Waals surface area contributed by atoms with Crippen LogP contribution in [-0.2, 0) is 34.1 Å². The molecule has 1 aromatic carbocycles. The van der Waals surface area contributed by atoms with E-state index in [4.69, 9.17) is 13.3 Å². The lowest BCUT2D eigenvalue weighted by molar-refractivity contribution is -0.150. The molecule has 0 bridgehead atoms. The smallest absolute Gasteiger partial charge is 0.455 e. The lowest BCUT2D eigenvalue weighted by atomic mass is 10.1. The van der Waals surface area contributed by atoms with Crippen LogP contribution in [0.4, 0.5) is 13.2 Å². The maximum Gasteiger partial charge on any atom is 0.705 e. The molecule has 0 aromatic heterocycles. The fourth-order valence-corrected chi connectivity index (χ4v) is 5.31. The van der Waals surface area contributed by atoms with Gasteiger partial charge < -0.3 is 13.3 Å². The van der Waals surface area contributed by atoms with Crippen LogP contribution in [0.5, 0.6) is 0 Å². The Labute approximate surface area is 181 Å². The van der Waals surface area contributed by atoms with Gasteiger partial charge in [0.25, 0.3) is 17.9 Å². The van der Waals surface area contributed by atoms with Crippen molar-refractivity contribution >= 4 is 26.7 Å². The number of hydrogen-bond acceptors (Lipinski definition) is 6. The van der Waals surface area contributed by atoms with Crippen molar-refractivity contribution in [3.8, 4) is 0 Å². The van der Waals surface area contributed by atoms with Gasteiger partial charge in [-0.05, 0) is 30.9 Å². The fourth-order valence-electron chi connectivity index (χ4n) is 2.72. The summed E-state index contributed by atoms with van der Waals surface area (Å²) in [5.41, 5.74) is 0.0910. The topological polar surface area (TPSA) is 78.9 Å². The zero-order valence-electron chi connectivity index (χ0n) is 18.1. The average molecular weight is 463 g/mol. The molecule has 0 aliphatic heterocycles. The highest BCUT2D eigenvalue weighted by atomic mass is 28.4. The van der Waals surface area contributed by atoms with Crippen LogP contribution in [0.15, 0.2) is 12.1 Å². The maximum atomic E-state index is 13.7. The van der Waals surface area contributed by atoms with Crippen molar-refractivity contribution in [1.29, 1.82) is 0 Å². The molecule has 1 aromatic rings. The zero-order valence-corrected chi connectivity index (χ0v) is 19.1. The first-order valence-electron chi connectivity index (χ1n) is 10.4. The predicted octanol–water partition coefficient (Wildman–Crippen LogP) is 5.01. The molecular weight excluding hydrogens is 433 g/mol. The lowest BCUT2D eigenvalue weighted by Gasteiger charge is -2.27. The number of carbonyl (C=O) groups excluding carboxylic acids is 3. The van der Waals surface area contributed by atoms with E-state index in [-0.39, 0.29) is 37.3 Å². The maximum absolute atomic E-state index is 13.7. The Balaban J connectivity index is 2.69. The second-order valence-corrected chi connectivity index (χ2v) is 9.42. The number of carbonyl (C=O) groups is 3. The molecule has 0 unspecified atom stereocenters. The molecule has 31 heavy (non-hydrogen) atoms. The minimum Gasteiger partial charge on any atom is -0.455 e. The minimum atomic E-state index is -3.89. The van der Waals surface area contributed by atoms with E-state index < -0.39 is 44.2 Å². The quantitative estimate of drug-likeness (QED) is 0.233. The van der Waals surface area contributed by atoms with Crippen LogP contribution in [-0.4, -0.2) is 26.7 Å². The minimum absolute atomic E-state index is 0.0297. The number of benzene rings is 1. The molecule has 0 radical (unpaired) electrons. The summed E-state index contributed by atoms with van der Waals surface area (Å²) in [7, 11) is -3.89. The second-order valence-electron chi connectivity index (χ2n) is 6.94. The van der Waals surface area contributed by atoms with Gasteiger partial charge in [0.15, 0.2) is 11.6 Å². The molecule has 174 valence electrons. The first-order valence-corrected chi connectivity index (χ1v) is 12.4. The third kappa shape index (κ3) is 9.12. The van der Waals surface area contributed by atoms with E-state index in [1.54, 1.807) is 20.8 Å². The van der Waals surface area contributed by atoms with Crippen LogP contribution < -0.4 is 0 Å². The SMILES string of the molecule is CCC(=O)O[Si](CCCCCCc1cc(F)c(F)cc1F)(OC(=O)CC)OC(=O)CC. The van der Waals surface area contributed by atoms with Gasteiger partial charge >= 0.3 is 8.80 Å². The summed E-state index contributed by atoms with van der Waals surface area (Å²) in [5.74, 6) is -5.02. The molecule has 0 aliphatic carbocycles. The first-order chi connectivity index (χ1) is 14.7. The monoisotopic (exact) mass is 462 g/mol. The molecule has 0 saturated heterocycles. The van der Waals surface area contributed by atoms with E-state index in [1.807, 2.05) is 0 Å². The highest BCUT2D eigenvalue weighted by Crippen LogP contribution is 2.23. The normalized spacial score (nSPS) is 11.2. The van der Waals surface area contributed by atoms with Crippen LogP contribution >= 0.6 is 0 Å². The molecule has 0 N–H and O–H groups in total. The van der Waals surface area contributed by atoms with Gasteiger partial charge in [0.1, 0.15) is 5.82 Å². The number of halogens is 3. The van der Waals surface area contributed by atoms with Crippen LogP contribution in [0.25, 0.3) is 0 Å². The van der Waals surface area contributed by atoms with Crippen LogP contribution in [0.1, 0.15) is 71.3 Å². The van der Waals surface area contributed by atoms with Crippen LogP contribution in [0.3, 0.4) is 0 Å². The molecule has 0 amide bonds. The number of aryl methyl sites for hydroxylation is 1. The van der Waals surface area contributed by atoms with Gasteiger partial charge in [-0.25, -0.2) is 13.2 Å². The summed E-state index contributed by atoms with van der Waals surface area (Å²) in [6.45, 7) is 4.71. The van der Waals surface area contributed by atoms with Gasteiger partial charge in [0, 0.05) is 25.3 Å². The Morgan fingerprint density at radius 2 is 1.16 bits per heavy atom. The van der Waals surface area contributed by atoms with Crippen molar-refractivity contribution in [1.82, 2.24) is 0 Å². The molecule has 0 fully saturated rings. The van der Waals surface area contributed by atoms with Gasteiger partial charge in [0.2, 0.25) is 0 Å². The van der Waals surface area contributed by atoms with Gasteiger partial charge in [-0.2, -0.15) is 0 Å². The predicted molar refractivity (Wildman–Crippen MR) is 108 cm³/mol. The van der Waals surface area contributed by atoms with E-state index in [0.717, 1.165) is 6.07 Å². The van der Waals surface area contributed by atoms with Gasteiger partial charge in [0.05, 0.1) is 6.04 Å². The molecule has 0 saturated carbocycles. The third-order valence-electron chi connectivity index (χ3n) is 4.44. The average Bonchev–Trinajstić information content (AvgIpc) is 2.73. The van der Waals surface area contributed by atoms with Crippen LogP contribution in [0.2, 0.25) is 6.04 Å². The summed E-state index contributed by atoms with van der Waals surface area (Å²) in [5, 5.41) is 0. The molecular formula is C21H29F3O6Si. The van der Waals surface area contributed by atoms with Crippen LogP contribution in [0, 0.1) is 17.5 Å². The zero-order chi connectivity index (χ0) is 23.4. The van der Waals surface area contributed by atoms with Crippen molar-refractivity contribution in [2.24, 2.45) is 0 Å². The Kier molecular flexibility index (Phi) is 11.3. The van der Waals surface area contributed by atoms with E-state index in [9.17, 15) is 27.6 Å². The molecule has 0 spiro atoms. The summed E-state index contributed by atoms with van der Waals surface area (Å²) >= 11 is 0. The third-order valence-corrected chi connectivity index (χ3v) is 7.02. The van der Waals surface area contributed by atoms with E-state index in [2.05, 4.69) is 0 Å². The van der Waals surface area contributed by atoms with Crippen molar-refractivity contribution in [2.75, 3.05) is 0 Å². The van der Waals surface area contributed by atoms with E-state index in [1.165, 1.54) is 0 Å². The van der Waals surface area contributed by atoms with Crippen molar-refractivity contribution < 1.29 is 40.8 Å². The number of rotatable bonds is 13. The van der Waals surface area contributed by atoms with Crippen molar-refractivity contribution in [3.05, 3.63) is 35.1 Å². The Morgan fingerprint density at radius 3 is 1.65 bits per heavy atom. The Morgan fingerprint density at radius 1 is 0.710 bits per heavy atom. The van der Waals surface area contributed by atoms with Crippen molar-refractivity contribution in [3.63, 3.8) is 0 Å². The Hall–Kier alpha value is -2.36. The molecule has 0 atom stereocenters. The van der Waals surface area contributed by atoms with Crippen molar-refractivity contribution in [2.45, 2.75) is 78.2 Å². The second kappa shape index (κ2) is 13.1. The summed E-state index contributed by atoms with van der Waals surface area (Å²) in [6.07, 6.45) is 2.44. The van der Waals surface area contributed by atoms with Gasteiger partial charge in [-0.15, -0.1) is 0 Å². The molecule has 0 aliphatic rings. The lowest BCUT2D eigenvalue weighted by Crippen LogP contribution is -2.50. The summed E-state index contributed by atoms with van der Waals surface area (Å²) in [6, 6.07) is 1.45. The molecule has 6 nitrogen and oxygen atoms in total. The van der Waals surface area contributed by atoms with Gasteiger partial charge in [-0.3, -0.25) is 14.4 Å². The van der Waals surface area contributed by atoms with E-state index >= 15 is 0 Å². The Bertz CT molecular complexity index is 726. The number of unbranched alkanes of at least 4 members (excludes halogenated alkanes) is 3. The molecule has 10 heteroatoms.